The van der Waals surface area contributed by atoms with E-state index in [1.165, 1.54) is 26.6 Å². The van der Waals surface area contributed by atoms with Gasteiger partial charge in [-0.25, -0.2) is 0 Å². The van der Waals surface area contributed by atoms with Crippen molar-refractivity contribution in [2.45, 2.75) is 29.6 Å². The molecule has 0 aromatic heterocycles. The van der Waals surface area contributed by atoms with E-state index in [0.29, 0.717) is 0 Å². The molecular weight excluding hydrogens is 250 g/mol. The molecule has 0 aliphatic carbocycles. The van der Waals surface area contributed by atoms with Crippen LogP contribution in [0.25, 0.3) is 0 Å². The van der Waals surface area contributed by atoms with Gasteiger partial charge < -0.3 is 5.32 Å². The normalized spacial score (nSPS) is 13.8. The SMILES string of the molecule is C=C1CCc2cc(Sc3cccc(C)c3)ccc2N1. The van der Waals surface area contributed by atoms with Gasteiger partial charge >= 0.3 is 0 Å². The van der Waals surface area contributed by atoms with E-state index in [1.807, 2.05) is 11.8 Å². The first kappa shape index (κ1) is 12.4. The molecule has 1 nitrogen and oxygen atoms in total. The lowest BCUT2D eigenvalue weighted by atomic mass is 10.0. The fraction of sp³-hybridized carbons (Fsp3) is 0.176. The second-order valence-corrected chi connectivity index (χ2v) is 6.11. The number of benzene rings is 2. The van der Waals surface area contributed by atoms with E-state index in [9.17, 15) is 0 Å². The number of hydrogen-bond acceptors (Lipinski definition) is 2. The first-order chi connectivity index (χ1) is 9.20. The van der Waals surface area contributed by atoms with Gasteiger partial charge in [0.05, 0.1) is 0 Å². The molecule has 1 aliphatic heterocycles. The Kier molecular flexibility index (Phi) is 3.34. The summed E-state index contributed by atoms with van der Waals surface area (Å²) in [6, 6.07) is 15.3. The zero-order valence-electron chi connectivity index (χ0n) is 11.1. The largest absolute Gasteiger partial charge is 0.359 e. The molecular formula is C17H17NS. The summed E-state index contributed by atoms with van der Waals surface area (Å²) in [5, 5.41) is 3.36. The Labute approximate surface area is 118 Å². The van der Waals surface area contributed by atoms with Crippen molar-refractivity contribution < 1.29 is 0 Å². The number of nitrogens with one attached hydrogen (secondary N) is 1. The molecule has 1 aliphatic rings. The van der Waals surface area contributed by atoms with Crippen molar-refractivity contribution in [3.05, 3.63) is 65.9 Å². The van der Waals surface area contributed by atoms with Gasteiger partial charge in [0.2, 0.25) is 0 Å². The minimum atomic E-state index is 1.03. The van der Waals surface area contributed by atoms with Gasteiger partial charge in [-0.15, -0.1) is 0 Å². The summed E-state index contributed by atoms with van der Waals surface area (Å²) in [6.45, 7) is 6.13. The Morgan fingerprint density at radius 3 is 2.74 bits per heavy atom. The topological polar surface area (TPSA) is 12.0 Å². The van der Waals surface area contributed by atoms with Crippen molar-refractivity contribution in [1.29, 1.82) is 0 Å². The van der Waals surface area contributed by atoms with Crippen LogP contribution in [0.2, 0.25) is 0 Å². The van der Waals surface area contributed by atoms with Gasteiger partial charge in [-0.05, 0) is 55.7 Å². The predicted molar refractivity (Wildman–Crippen MR) is 82.8 cm³/mol. The lowest BCUT2D eigenvalue weighted by Gasteiger charge is -2.20. The third kappa shape index (κ3) is 2.85. The quantitative estimate of drug-likeness (QED) is 0.820. The Bertz CT molecular complexity index is 631. The van der Waals surface area contributed by atoms with Crippen LogP contribution in [0.5, 0.6) is 0 Å². The Hall–Kier alpha value is -1.67. The van der Waals surface area contributed by atoms with E-state index in [4.69, 9.17) is 0 Å². The molecule has 1 heterocycles. The smallest absolute Gasteiger partial charge is 0.0415 e. The molecule has 96 valence electrons. The number of fused-ring (bicyclic) bond motifs is 1. The van der Waals surface area contributed by atoms with Crippen LogP contribution in [0.15, 0.2) is 64.5 Å². The number of allylic oxidation sites excluding steroid dienone is 1. The monoisotopic (exact) mass is 267 g/mol. The van der Waals surface area contributed by atoms with Crippen molar-refractivity contribution in [2.24, 2.45) is 0 Å². The van der Waals surface area contributed by atoms with Crippen LogP contribution >= 0.6 is 11.8 Å². The van der Waals surface area contributed by atoms with Crippen LogP contribution in [0.4, 0.5) is 5.69 Å². The molecule has 0 saturated carbocycles. The minimum absolute atomic E-state index is 1.03. The highest BCUT2D eigenvalue weighted by Crippen LogP contribution is 2.33. The Balaban J connectivity index is 1.85. The Morgan fingerprint density at radius 1 is 1.05 bits per heavy atom. The van der Waals surface area contributed by atoms with Gasteiger partial charge in [0, 0.05) is 21.2 Å². The van der Waals surface area contributed by atoms with Crippen molar-refractivity contribution in [1.82, 2.24) is 0 Å². The lowest BCUT2D eigenvalue weighted by molar-refractivity contribution is 0.914. The molecule has 0 atom stereocenters. The van der Waals surface area contributed by atoms with E-state index < -0.39 is 0 Å². The van der Waals surface area contributed by atoms with Gasteiger partial charge in [-0.2, -0.15) is 0 Å². The molecule has 0 radical (unpaired) electrons. The number of hydrogen-bond donors (Lipinski definition) is 1. The molecule has 1 N–H and O–H groups in total. The molecule has 0 fully saturated rings. The summed E-state index contributed by atoms with van der Waals surface area (Å²) in [6.07, 6.45) is 2.12. The van der Waals surface area contributed by atoms with Crippen LogP contribution < -0.4 is 5.32 Å². The first-order valence-corrected chi connectivity index (χ1v) is 7.34. The second kappa shape index (κ2) is 5.14. The van der Waals surface area contributed by atoms with E-state index >= 15 is 0 Å². The number of rotatable bonds is 2. The highest BCUT2D eigenvalue weighted by atomic mass is 32.2. The summed E-state index contributed by atoms with van der Waals surface area (Å²) >= 11 is 1.83. The average molecular weight is 267 g/mol. The average Bonchev–Trinajstić information content (AvgIpc) is 2.39. The molecule has 2 heteroatoms. The third-order valence-electron chi connectivity index (χ3n) is 3.31. The van der Waals surface area contributed by atoms with Crippen molar-refractivity contribution in [2.75, 3.05) is 5.32 Å². The molecule has 0 bridgehead atoms. The van der Waals surface area contributed by atoms with Crippen molar-refractivity contribution in [3.8, 4) is 0 Å². The highest BCUT2D eigenvalue weighted by molar-refractivity contribution is 7.99. The highest BCUT2D eigenvalue weighted by Gasteiger charge is 2.11. The Morgan fingerprint density at radius 2 is 1.89 bits per heavy atom. The van der Waals surface area contributed by atoms with Crippen LogP contribution in [0, 0.1) is 6.92 Å². The number of aryl methyl sites for hydroxylation is 2. The summed E-state index contributed by atoms with van der Waals surface area (Å²) in [7, 11) is 0. The molecule has 2 aromatic carbocycles. The second-order valence-electron chi connectivity index (χ2n) is 4.97. The number of anilines is 1. The maximum absolute atomic E-state index is 4.00. The molecule has 19 heavy (non-hydrogen) atoms. The van der Waals surface area contributed by atoms with Crippen LogP contribution in [0.3, 0.4) is 0 Å². The fourth-order valence-electron chi connectivity index (χ4n) is 2.32. The van der Waals surface area contributed by atoms with E-state index in [1.54, 1.807) is 0 Å². The van der Waals surface area contributed by atoms with Crippen molar-refractivity contribution in [3.63, 3.8) is 0 Å². The molecule has 0 spiro atoms. The fourth-order valence-corrected chi connectivity index (χ4v) is 3.32. The van der Waals surface area contributed by atoms with Gasteiger partial charge in [0.15, 0.2) is 0 Å². The van der Waals surface area contributed by atoms with E-state index in [-0.39, 0.29) is 0 Å². The standard InChI is InChI=1S/C17H17NS/c1-12-4-3-5-15(10-12)19-16-8-9-17-14(11-16)7-6-13(2)18-17/h3-5,8-11,18H,2,6-7H2,1H3. The molecule has 0 unspecified atom stereocenters. The summed E-state index contributed by atoms with van der Waals surface area (Å²) in [4.78, 5) is 2.60. The van der Waals surface area contributed by atoms with Gasteiger partial charge in [-0.1, -0.05) is 36.0 Å². The summed E-state index contributed by atoms with van der Waals surface area (Å²) in [5.41, 5.74) is 5.03. The van der Waals surface area contributed by atoms with Gasteiger partial charge in [0.1, 0.15) is 0 Å². The molecule has 2 aromatic rings. The maximum atomic E-state index is 4.00. The molecule has 3 rings (SSSR count). The zero-order chi connectivity index (χ0) is 13.2. The van der Waals surface area contributed by atoms with Crippen LogP contribution in [-0.4, -0.2) is 0 Å². The predicted octanol–water partition coefficient (Wildman–Crippen LogP) is 5.02. The minimum Gasteiger partial charge on any atom is -0.359 e. The maximum Gasteiger partial charge on any atom is 0.0415 e. The van der Waals surface area contributed by atoms with Gasteiger partial charge in [-0.3, -0.25) is 0 Å². The summed E-state index contributed by atoms with van der Waals surface area (Å²) in [5.74, 6) is 0. The van der Waals surface area contributed by atoms with Crippen LogP contribution in [0.1, 0.15) is 17.5 Å². The molecule has 0 saturated heterocycles. The lowest BCUT2D eigenvalue weighted by Crippen LogP contribution is -2.08. The van der Waals surface area contributed by atoms with Crippen LogP contribution in [-0.2, 0) is 6.42 Å². The van der Waals surface area contributed by atoms with Gasteiger partial charge in [0.25, 0.3) is 0 Å². The van der Waals surface area contributed by atoms with Crippen molar-refractivity contribution >= 4 is 17.4 Å². The van der Waals surface area contributed by atoms with E-state index in [2.05, 4.69) is 61.3 Å². The molecule has 0 amide bonds. The summed E-state index contributed by atoms with van der Waals surface area (Å²) < 4.78 is 0. The third-order valence-corrected chi connectivity index (χ3v) is 4.29. The first-order valence-electron chi connectivity index (χ1n) is 6.53. The van der Waals surface area contributed by atoms with E-state index in [0.717, 1.165) is 18.5 Å². The zero-order valence-corrected chi connectivity index (χ0v) is 11.9.